The second kappa shape index (κ2) is 5.63. The van der Waals surface area contributed by atoms with Gasteiger partial charge in [-0.15, -0.1) is 0 Å². The van der Waals surface area contributed by atoms with E-state index in [9.17, 15) is 8.42 Å². The Hall–Kier alpha value is -0.880. The maximum atomic E-state index is 11.2. The quantitative estimate of drug-likeness (QED) is 0.879. The number of nitrogens with one attached hydrogen (secondary N) is 1. The fourth-order valence-electron chi connectivity index (χ4n) is 2.57. The zero-order valence-corrected chi connectivity index (χ0v) is 12.8. The molecule has 2 heterocycles. The molecular weight excluding hydrogens is 262 g/mol. The van der Waals surface area contributed by atoms with E-state index in [0.717, 1.165) is 37.6 Å². The van der Waals surface area contributed by atoms with Crippen molar-refractivity contribution in [1.82, 2.24) is 14.9 Å². The number of nitrogens with zero attached hydrogens (tertiary/aromatic N) is 2. The predicted molar refractivity (Wildman–Crippen MR) is 76.1 cm³/mol. The molecule has 1 aromatic heterocycles. The predicted octanol–water partition coefficient (Wildman–Crippen LogP) is 1.09. The third-order valence-corrected chi connectivity index (χ3v) is 4.46. The van der Waals surface area contributed by atoms with Gasteiger partial charge in [0.15, 0.2) is 0 Å². The molecule has 19 heavy (non-hydrogen) atoms. The zero-order chi connectivity index (χ0) is 14.0. The van der Waals surface area contributed by atoms with Gasteiger partial charge in [0.25, 0.3) is 0 Å². The van der Waals surface area contributed by atoms with Crippen LogP contribution in [0.2, 0.25) is 0 Å². The number of fused-ring (bicyclic) bond motifs is 1. The van der Waals surface area contributed by atoms with E-state index < -0.39 is 9.84 Å². The van der Waals surface area contributed by atoms with Crippen LogP contribution in [0.5, 0.6) is 0 Å². The van der Waals surface area contributed by atoms with Gasteiger partial charge in [0.05, 0.1) is 11.4 Å². The maximum absolute atomic E-state index is 11.2. The van der Waals surface area contributed by atoms with Gasteiger partial charge < -0.3 is 9.88 Å². The molecular formula is C13H23N3O2S. The Morgan fingerprint density at radius 3 is 2.79 bits per heavy atom. The zero-order valence-electron chi connectivity index (χ0n) is 11.9. The van der Waals surface area contributed by atoms with Crippen LogP contribution in [0.25, 0.3) is 0 Å². The Morgan fingerprint density at radius 1 is 1.42 bits per heavy atom. The van der Waals surface area contributed by atoms with Crippen LogP contribution in [0.1, 0.15) is 43.4 Å². The second-order valence-corrected chi connectivity index (χ2v) is 7.84. The molecule has 1 aliphatic heterocycles. The summed E-state index contributed by atoms with van der Waals surface area (Å²) in [6.45, 7) is 6.82. The molecule has 5 nitrogen and oxygen atoms in total. The molecule has 0 radical (unpaired) electrons. The molecule has 0 amide bonds. The summed E-state index contributed by atoms with van der Waals surface area (Å²) in [5.41, 5.74) is 2.42. The molecule has 108 valence electrons. The SMILES string of the molecule is CC(C)c1nc2c(n1CCCS(C)(=O)=O)CCNC2. The number of hydrogen-bond acceptors (Lipinski definition) is 4. The van der Waals surface area contributed by atoms with Gasteiger partial charge >= 0.3 is 0 Å². The second-order valence-electron chi connectivity index (χ2n) is 5.58. The topological polar surface area (TPSA) is 64.0 Å². The molecule has 2 rings (SSSR count). The summed E-state index contributed by atoms with van der Waals surface area (Å²) in [6, 6.07) is 0. The van der Waals surface area contributed by atoms with Crippen molar-refractivity contribution in [3.8, 4) is 0 Å². The monoisotopic (exact) mass is 285 g/mol. The molecule has 1 aromatic rings. The summed E-state index contributed by atoms with van der Waals surface area (Å²) < 4.78 is 24.7. The fraction of sp³-hybridized carbons (Fsp3) is 0.769. The minimum Gasteiger partial charge on any atom is -0.331 e. The number of rotatable bonds is 5. The Kier molecular flexibility index (Phi) is 4.30. The van der Waals surface area contributed by atoms with Crippen molar-refractivity contribution >= 4 is 9.84 Å². The molecule has 0 aromatic carbocycles. The van der Waals surface area contributed by atoms with Crippen molar-refractivity contribution in [2.45, 2.75) is 45.7 Å². The van der Waals surface area contributed by atoms with Crippen LogP contribution in [-0.2, 0) is 29.3 Å². The van der Waals surface area contributed by atoms with Crippen LogP contribution in [0.4, 0.5) is 0 Å². The summed E-state index contributed by atoms with van der Waals surface area (Å²) in [4.78, 5) is 4.72. The van der Waals surface area contributed by atoms with Gasteiger partial charge in [-0.2, -0.15) is 0 Å². The summed E-state index contributed by atoms with van der Waals surface area (Å²) in [6.07, 6.45) is 2.94. The molecule has 0 saturated heterocycles. The van der Waals surface area contributed by atoms with Gasteiger partial charge in [0, 0.05) is 43.9 Å². The Labute approximate surface area is 115 Å². The van der Waals surface area contributed by atoms with Gasteiger partial charge in [-0.25, -0.2) is 13.4 Å². The molecule has 0 spiro atoms. The Balaban J connectivity index is 2.19. The first-order chi connectivity index (χ1) is 8.88. The van der Waals surface area contributed by atoms with Crippen molar-refractivity contribution in [3.05, 3.63) is 17.2 Å². The van der Waals surface area contributed by atoms with Gasteiger partial charge in [-0.1, -0.05) is 13.8 Å². The van der Waals surface area contributed by atoms with Gasteiger partial charge in [0.2, 0.25) is 0 Å². The molecule has 0 fully saturated rings. The van der Waals surface area contributed by atoms with Crippen LogP contribution in [0.15, 0.2) is 0 Å². The highest BCUT2D eigenvalue weighted by molar-refractivity contribution is 7.90. The lowest BCUT2D eigenvalue weighted by atomic mass is 10.2. The normalized spacial score (nSPS) is 15.8. The summed E-state index contributed by atoms with van der Waals surface area (Å²) in [5, 5.41) is 3.33. The average molecular weight is 285 g/mol. The van der Waals surface area contributed by atoms with Crippen LogP contribution in [0, 0.1) is 0 Å². The summed E-state index contributed by atoms with van der Waals surface area (Å²) >= 11 is 0. The van der Waals surface area contributed by atoms with Crippen LogP contribution in [-0.4, -0.2) is 36.5 Å². The molecule has 0 saturated carbocycles. The van der Waals surface area contributed by atoms with E-state index in [1.54, 1.807) is 0 Å². The molecule has 0 unspecified atom stereocenters. The maximum Gasteiger partial charge on any atom is 0.147 e. The van der Waals surface area contributed by atoms with Gasteiger partial charge in [-0.05, 0) is 6.42 Å². The first-order valence-corrected chi connectivity index (χ1v) is 8.91. The van der Waals surface area contributed by atoms with E-state index in [4.69, 9.17) is 4.98 Å². The first kappa shape index (κ1) is 14.5. The lowest BCUT2D eigenvalue weighted by Gasteiger charge is -2.17. The van der Waals surface area contributed by atoms with E-state index in [0.29, 0.717) is 12.3 Å². The number of aromatic nitrogens is 2. The van der Waals surface area contributed by atoms with Crippen molar-refractivity contribution in [3.63, 3.8) is 0 Å². The highest BCUT2D eigenvalue weighted by atomic mass is 32.2. The molecule has 0 aliphatic carbocycles. The van der Waals surface area contributed by atoms with Crippen LogP contribution in [0.3, 0.4) is 0 Å². The molecule has 1 N–H and O–H groups in total. The molecule has 1 aliphatic rings. The lowest BCUT2D eigenvalue weighted by molar-refractivity contribution is 0.554. The van der Waals surface area contributed by atoms with E-state index >= 15 is 0 Å². The number of imidazole rings is 1. The fourth-order valence-corrected chi connectivity index (χ4v) is 3.22. The largest absolute Gasteiger partial charge is 0.331 e. The summed E-state index contributed by atoms with van der Waals surface area (Å²) in [5.74, 6) is 1.70. The smallest absolute Gasteiger partial charge is 0.147 e. The minimum absolute atomic E-state index is 0.246. The molecule has 0 bridgehead atoms. The summed E-state index contributed by atoms with van der Waals surface area (Å²) in [7, 11) is -2.88. The highest BCUT2D eigenvalue weighted by Crippen LogP contribution is 2.22. The van der Waals surface area contributed by atoms with Crippen molar-refractivity contribution in [2.75, 3.05) is 18.6 Å². The Morgan fingerprint density at radius 2 is 2.16 bits per heavy atom. The minimum atomic E-state index is -2.88. The van der Waals surface area contributed by atoms with E-state index in [1.165, 1.54) is 11.9 Å². The van der Waals surface area contributed by atoms with Gasteiger partial charge in [0.1, 0.15) is 15.7 Å². The van der Waals surface area contributed by atoms with Crippen molar-refractivity contribution < 1.29 is 8.42 Å². The third kappa shape index (κ3) is 3.57. The van der Waals surface area contributed by atoms with Crippen molar-refractivity contribution in [2.24, 2.45) is 0 Å². The van der Waals surface area contributed by atoms with E-state index in [1.807, 2.05) is 0 Å². The van der Waals surface area contributed by atoms with E-state index in [2.05, 4.69) is 23.7 Å². The standard InChI is InChI=1S/C13H23N3O2S/c1-10(2)13-15-11-9-14-6-5-12(11)16(13)7-4-8-19(3,17)18/h10,14H,4-9H2,1-3H3. The van der Waals surface area contributed by atoms with Crippen LogP contribution >= 0.6 is 0 Å². The van der Waals surface area contributed by atoms with Crippen LogP contribution < -0.4 is 5.32 Å². The number of sulfone groups is 1. The van der Waals surface area contributed by atoms with Crippen molar-refractivity contribution in [1.29, 1.82) is 0 Å². The third-order valence-electron chi connectivity index (χ3n) is 3.43. The molecule has 6 heteroatoms. The lowest BCUT2D eigenvalue weighted by Crippen LogP contribution is -2.25. The van der Waals surface area contributed by atoms with Gasteiger partial charge in [-0.3, -0.25) is 0 Å². The highest BCUT2D eigenvalue weighted by Gasteiger charge is 2.21. The first-order valence-electron chi connectivity index (χ1n) is 6.85. The number of hydrogen-bond donors (Lipinski definition) is 1. The Bertz CT molecular complexity index is 546. The molecule has 0 atom stereocenters. The average Bonchev–Trinajstić information content (AvgIpc) is 2.67. The van der Waals surface area contributed by atoms with E-state index in [-0.39, 0.29) is 5.75 Å².